The number of hydrogen-bond donors (Lipinski definition) is 1. The number of aliphatic carboxylic acids is 1. The quantitative estimate of drug-likeness (QED) is 0.791. The second-order valence-electron chi connectivity index (χ2n) is 4.59. The van der Waals surface area contributed by atoms with E-state index < -0.39 is 15.8 Å². The Balaban J connectivity index is 2.05. The third kappa shape index (κ3) is 4.12. The first kappa shape index (κ1) is 15.2. The van der Waals surface area contributed by atoms with E-state index in [4.69, 9.17) is 5.11 Å². The largest absolute Gasteiger partial charge is 0.478 e. The summed E-state index contributed by atoms with van der Waals surface area (Å²) < 4.78 is 22.6. The molecule has 1 aliphatic heterocycles. The fourth-order valence-corrected chi connectivity index (χ4v) is 3.08. The minimum Gasteiger partial charge on any atom is -0.478 e. The van der Waals surface area contributed by atoms with Crippen molar-refractivity contribution in [2.45, 2.75) is 0 Å². The van der Waals surface area contributed by atoms with Crippen molar-refractivity contribution in [3.63, 3.8) is 0 Å². The maximum atomic E-state index is 12.1. The van der Waals surface area contributed by atoms with Crippen molar-refractivity contribution >= 4 is 27.8 Å². The molecule has 1 aliphatic rings. The van der Waals surface area contributed by atoms with E-state index in [2.05, 4.69) is 4.98 Å². The van der Waals surface area contributed by atoms with E-state index in [0.29, 0.717) is 5.56 Å². The van der Waals surface area contributed by atoms with Crippen LogP contribution >= 0.6 is 0 Å². The Labute approximate surface area is 121 Å². The van der Waals surface area contributed by atoms with E-state index in [1.165, 1.54) is 23.2 Å². The summed E-state index contributed by atoms with van der Waals surface area (Å²) in [6.07, 6.45) is 3.75. The van der Waals surface area contributed by atoms with Crippen LogP contribution in [0.1, 0.15) is 16.1 Å². The Morgan fingerprint density at radius 2 is 1.90 bits per heavy atom. The number of pyridine rings is 1. The summed E-state index contributed by atoms with van der Waals surface area (Å²) in [5.74, 6) is -1.44. The van der Waals surface area contributed by atoms with Gasteiger partial charge in [0, 0.05) is 25.4 Å². The van der Waals surface area contributed by atoms with Gasteiger partial charge in [-0.3, -0.25) is 9.78 Å². The molecule has 0 spiro atoms. The predicted molar refractivity (Wildman–Crippen MR) is 75.5 cm³/mol. The molecule has 2 rings (SSSR count). The van der Waals surface area contributed by atoms with Gasteiger partial charge >= 0.3 is 5.97 Å². The lowest BCUT2D eigenvalue weighted by Crippen LogP contribution is -2.43. The molecule has 2 heterocycles. The van der Waals surface area contributed by atoms with E-state index in [1.807, 2.05) is 0 Å². The number of hydrogen-bond acceptors (Lipinski definition) is 5. The molecule has 0 aliphatic carbocycles. The fraction of sp³-hybridized carbons (Fsp3) is 0.308. The number of aromatic nitrogens is 1. The van der Waals surface area contributed by atoms with Gasteiger partial charge < -0.3 is 10.0 Å². The molecule has 7 nitrogen and oxygen atoms in total. The Morgan fingerprint density at radius 3 is 2.43 bits per heavy atom. The van der Waals surface area contributed by atoms with Crippen molar-refractivity contribution in [2.24, 2.45) is 0 Å². The van der Waals surface area contributed by atoms with E-state index in [9.17, 15) is 18.0 Å². The number of nitrogens with zero attached hydrogens (tertiary/aromatic N) is 2. The molecule has 1 aromatic heterocycles. The van der Waals surface area contributed by atoms with Gasteiger partial charge in [0.25, 0.3) is 5.91 Å². The molecule has 1 N–H and O–H groups in total. The first-order valence-electron chi connectivity index (χ1n) is 6.24. The summed E-state index contributed by atoms with van der Waals surface area (Å²) in [7, 11) is -3.03. The number of rotatable bonds is 3. The molecule has 0 bridgehead atoms. The van der Waals surface area contributed by atoms with Gasteiger partial charge in [-0.2, -0.15) is 0 Å². The van der Waals surface area contributed by atoms with Crippen LogP contribution in [0.4, 0.5) is 0 Å². The molecule has 1 amide bonds. The van der Waals surface area contributed by atoms with E-state index in [-0.39, 0.29) is 36.2 Å². The average molecular weight is 310 g/mol. The summed E-state index contributed by atoms with van der Waals surface area (Å²) in [6, 6.07) is 3.08. The van der Waals surface area contributed by atoms with Gasteiger partial charge in [-0.15, -0.1) is 0 Å². The van der Waals surface area contributed by atoms with Crippen LogP contribution in [0.5, 0.6) is 0 Å². The fourth-order valence-electron chi connectivity index (χ4n) is 1.88. The lowest BCUT2D eigenvalue weighted by atomic mass is 10.2. The predicted octanol–water partition coefficient (Wildman–Crippen LogP) is 0.0500. The normalized spacial score (nSPS) is 17.8. The molecule has 8 heteroatoms. The molecule has 1 saturated heterocycles. The Kier molecular flexibility index (Phi) is 4.37. The van der Waals surface area contributed by atoms with Crippen LogP contribution in [0.15, 0.2) is 24.4 Å². The monoisotopic (exact) mass is 310 g/mol. The van der Waals surface area contributed by atoms with Crippen LogP contribution in [0, 0.1) is 0 Å². The minimum absolute atomic E-state index is 0.0296. The summed E-state index contributed by atoms with van der Waals surface area (Å²) >= 11 is 0. The maximum absolute atomic E-state index is 12.1. The summed E-state index contributed by atoms with van der Waals surface area (Å²) in [6.45, 7) is 0.340. The van der Waals surface area contributed by atoms with Gasteiger partial charge in [0.1, 0.15) is 5.69 Å². The van der Waals surface area contributed by atoms with Gasteiger partial charge in [0.15, 0.2) is 9.84 Å². The van der Waals surface area contributed by atoms with Gasteiger partial charge in [0.05, 0.1) is 11.5 Å². The molecular weight excluding hydrogens is 296 g/mol. The molecule has 1 aromatic rings. The molecule has 0 radical (unpaired) electrons. The summed E-state index contributed by atoms with van der Waals surface area (Å²) in [4.78, 5) is 28.0. The number of carbonyl (C=O) groups excluding carboxylic acids is 1. The van der Waals surface area contributed by atoms with Gasteiger partial charge in [-0.25, -0.2) is 13.2 Å². The Morgan fingerprint density at radius 1 is 1.24 bits per heavy atom. The second kappa shape index (κ2) is 6.04. The topological polar surface area (TPSA) is 105 Å². The molecule has 0 saturated carbocycles. The highest BCUT2D eigenvalue weighted by Crippen LogP contribution is 2.09. The van der Waals surface area contributed by atoms with Gasteiger partial charge in [0.2, 0.25) is 0 Å². The van der Waals surface area contributed by atoms with Gasteiger partial charge in [-0.05, 0) is 17.7 Å². The number of amides is 1. The average Bonchev–Trinajstić information content (AvgIpc) is 2.45. The Hall–Kier alpha value is -2.22. The smallest absolute Gasteiger partial charge is 0.328 e. The molecule has 112 valence electrons. The number of carbonyl (C=O) groups is 2. The lowest BCUT2D eigenvalue weighted by molar-refractivity contribution is -0.131. The third-order valence-corrected chi connectivity index (χ3v) is 4.66. The van der Waals surface area contributed by atoms with E-state index >= 15 is 0 Å². The number of carboxylic acids is 1. The summed E-state index contributed by atoms with van der Waals surface area (Å²) in [5, 5.41) is 8.51. The van der Waals surface area contributed by atoms with Crippen LogP contribution in [-0.4, -0.2) is 59.9 Å². The van der Waals surface area contributed by atoms with Crippen molar-refractivity contribution in [1.29, 1.82) is 0 Å². The zero-order valence-corrected chi connectivity index (χ0v) is 11.9. The van der Waals surface area contributed by atoms with E-state index in [1.54, 1.807) is 6.07 Å². The highest BCUT2D eigenvalue weighted by molar-refractivity contribution is 7.91. The first-order valence-corrected chi connectivity index (χ1v) is 8.06. The molecule has 0 unspecified atom stereocenters. The van der Waals surface area contributed by atoms with Crippen LogP contribution in [0.2, 0.25) is 0 Å². The number of carboxylic acid groups (broad SMARTS) is 1. The van der Waals surface area contributed by atoms with Crippen LogP contribution in [-0.2, 0) is 14.6 Å². The van der Waals surface area contributed by atoms with Crippen molar-refractivity contribution < 1.29 is 23.1 Å². The highest BCUT2D eigenvalue weighted by atomic mass is 32.2. The van der Waals surface area contributed by atoms with Crippen molar-refractivity contribution in [1.82, 2.24) is 9.88 Å². The molecule has 1 fully saturated rings. The highest BCUT2D eigenvalue weighted by Gasteiger charge is 2.26. The lowest BCUT2D eigenvalue weighted by Gasteiger charge is -2.26. The molecule has 21 heavy (non-hydrogen) atoms. The van der Waals surface area contributed by atoms with Crippen molar-refractivity contribution in [3.8, 4) is 0 Å². The molecular formula is C13H14N2O5S. The van der Waals surface area contributed by atoms with Crippen molar-refractivity contribution in [3.05, 3.63) is 35.7 Å². The summed E-state index contributed by atoms with van der Waals surface area (Å²) in [5.41, 5.74) is 0.775. The van der Waals surface area contributed by atoms with Crippen LogP contribution < -0.4 is 0 Å². The zero-order valence-electron chi connectivity index (χ0n) is 11.1. The van der Waals surface area contributed by atoms with Crippen molar-refractivity contribution in [2.75, 3.05) is 24.6 Å². The minimum atomic E-state index is -3.03. The van der Waals surface area contributed by atoms with Crippen LogP contribution in [0.25, 0.3) is 6.08 Å². The Bertz CT molecular complexity index is 665. The van der Waals surface area contributed by atoms with Gasteiger partial charge in [-0.1, -0.05) is 6.07 Å². The third-order valence-electron chi connectivity index (χ3n) is 3.06. The molecule has 0 aromatic carbocycles. The van der Waals surface area contributed by atoms with E-state index in [0.717, 1.165) is 6.08 Å². The standard InChI is InChI=1S/C13H14N2O5S/c16-12(17)4-2-10-1-3-11(14-9-10)13(18)15-5-7-21(19,20)8-6-15/h1-4,9H,5-8H2,(H,16,17). The second-order valence-corrected chi connectivity index (χ2v) is 6.90. The molecule has 0 atom stereocenters. The maximum Gasteiger partial charge on any atom is 0.328 e. The zero-order chi connectivity index (χ0) is 15.5. The number of sulfone groups is 1. The van der Waals surface area contributed by atoms with Crippen LogP contribution in [0.3, 0.4) is 0 Å². The first-order chi connectivity index (χ1) is 9.87. The SMILES string of the molecule is O=C(O)C=Cc1ccc(C(=O)N2CCS(=O)(=O)CC2)nc1.